The van der Waals surface area contributed by atoms with Crippen molar-refractivity contribution in [3.05, 3.63) is 58.3 Å². The molecule has 6 heteroatoms. The molecule has 2 amide bonds. The van der Waals surface area contributed by atoms with Gasteiger partial charge in [0.2, 0.25) is 0 Å². The van der Waals surface area contributed by atoms with Gasteiger partial charge in [0.15, 0.2) is 6.61 Å². The molecule has 2 rings (SSSR count). The van der Waals surface area contributed by atoms with Gasteiger partial charge in [0.1, 0.15) is 5.75 Å². The summed E-state index contributed by atoms with van der Waals surface area (Å²) in [5.74, 6) is -0.236. The number of ether oxygens (including phenoxy) is 1. The second kappa shape index (κ2) is 7.99. The fourth-order valence-corrected chi connectivity index (χ4v) is 2.15. The molecule has 2 N–H and O–H groups in total. The van der Waals surface area contributed by atoms with Crippen LogP contribution >= 0.6 is 11.3 Å². The van der Waals surface area contributed by atoms with Crippen LogP contribution in [0.3, 0.4) is 0 Å². The molecular weight excluding hydrogens is 300 g/mol. The Balaban J connectivity index is 1.68. The lowest BCUT2D eigenvalue weighted by atomic mass is 10.2. The minimum Gasteiger partial charge on any atom is -0.484 e. The normalized spacial score (nSPS) is 10.4. The van der Waals surface area contributed by atoms with Gasteiger partial charge in [0.25, 0.3) is 11.8 Å². The molecule has 5 nitrogen and oxygen atoms in total. The zero-order valence-electron chi connectivity index (χ0n) is 12.0. The highest BCUT2D eigenvalue weighted by molar-refractivity contribution is 7.10. The van der Waals surface area contributed by atoms with Gasteiger partial charge in [-0.3, -0.25) is 20.4 Å². The van der Waals surface area contributed by atoms with Crippen molar-refractivity contribution in [2.75, 3.05) is 6.61 Å². The molecule has 1 heterocycles. The summed E-state index contributed by atoms with van der Waals surface area (Å²) in [4.78, 5) is 24.0. The fraction of sp³-hybridized carbons (Fsp3) is 0.125. The second-order valence-corrected chi connectivity index (χ2v) is 5.47. The topological polar surface area (TPSA) is 67.4 Å². The van der Waals surface area contributed by atoms with Crippen molar-refractivity contribution in [3.63, 3.8) is 0 Å². The zero-order chi connectivity index (χ0) is 15.8. The van der Waals surface area contributed by atoms with Crippen LogP contribution in [0, 0.1) is 6.92 Å². The Morgan fingerprint density at radius 1 is 1.18 bits per heavy atom. The first-order valence-corrected chi connectivity index (χ1v) is 7.51. The van der Waals surface area contributed by atoms with E-state index in [1.54, 1.807) is 18.2 Å². The Labute approximate surface area is 132 Å². The molecule has 22 heavy (non-hydrogen) atoms. The van der Waals surface area contributed by atoms with Crippen molar-refractivity contribution >= 4 is 29.2 Å². The number of nitrogens with one attached hydrogen (secondary N) is 2. The molecule has 1 aromatic carbocycles. The average molecular weight is 316 g/mol. The summed E-state index contributed by atoms with van der Waals surface area (Å²) in [7, 11) is 0. The van der Waals surface area contributed by atoms with E-state index in [4.69, 9.17) is 4.74 Å². The zero-order valence-corrected chi connectivity index (χ0v) is 12.9. The number of benzene rings is 1. The van der Waals surface area contributed by atoms with E-state index in [0.717, 1.165) is 10.4 Å². The van der Waals surface area contributed by atoms with Gasteiger partial charge in [-0.25, -0.2) is 0 Å². The third-order valence-electron chi connectivity index (χ3n) is 2.66. The molecule has 0 fully saturated rings. The smallest absolute Gasteiger partial charge is 0.276 e. The van der Waals surface area contributed by atoms with Crippen LogP contribution in [-0.4, -0.2) is 18.4 Å². The number of hydrogen-bond donors (Lipinski definition) is 2. The molecule has 0 saturated carbocycles. The summed E-state index contributed by atoms with van der Waals surface area (Å²) < 4.78 is 5.29. The van der Waals surface area contributed by atoms with E-state index in [2.05, 4.69) is 10.9 Å². The number of carbonyl (C=O) groups is 2. The van der Waals surface area contributed by atoms with Gasteiger partial charge in [-0.15, -0.1) is 11.3 Å². The summed E-state index contributed by atoms with van der Waals surface area (Å²) >= 11 is 1.52. The van der Waals surface area contributed by atoms with E-state index in [1.165, 1.54) is 17.4 Å². The number of hydrogen-bond acceptors (Lipinski definition) is 4. The van der Waals surface area contributed by atoms with Crippen LogP contribution in [-0.2, 0) is 9.59 Å². The van der Waals surface area contributed by atoms with Crippen molar-refractivity contribution in [1.29, 1.82) is 0 Å². The van der Waals surface area contributed by atoms with Gasteiger partial charge in [-0.1, -0.05) is 23.8 Å². The minimum atomic E-state index is -0.432. The Hall–Kier alpha value is -2.60. The van der Waals surface area contributed by atoms with E-state index in [0.29, 0.717) is 5.75 Å². The molecule has 0 atom stereocenters. The van der Waals surface area contributed by atoms with Crippen molar-refractivity contribution < 1.29 is 14.3 Å². The molecule has 0 bridgehead atoms. The number of thiophene rings is 1. The molecule has 2 aromatic rings. The van der Waals surface area contributed by atoms with Crippen LogP contribution in [0.25, 0.3) is 6.08 Å². The van der Waals surface area contributed by atoms with Crippen LogP contribution in [0.2, 0.25) is 0 Å². The molecule has 114 valence electrons. The largest absolute Gasteiger partial charge is 0.484 e. The second-order valence-electron chi connectivity index (χ2n) is 4.49. The van der Waals surface area contributed by atoms with Gasteiger partial charge in [-0.2, -0.15) is 0 Å². The first kappa shape index (κ1) is 15.8. The Morgan fingerprint density at radius 2 is 1.95 bits per heavy atom. The fourth-order valence-electron chi connectivity index (χ4n) is 1.54. The maximum Gasteiger partial charge on any atom is 0.276 e. The third kappa shape index (κ3) is 5.41. The molecular formula is C16H16N2O3S. The molecule has 0 aliphatic rings. The predicted molar refractivity (Wildman–Crippen MR) is 86.3 cm³/mol. The minimum absolute atomic E-state index is 0.169. The summed E-state index contributed by atoms with van der Waals surface area (Å²) in [6, 6.07) is 11.1. The average Bonchev–Trinajstić information content (AvgIpc) is 3.04. The van der Waals surface area contributed by atoms with Crippen molar-refractivity contribution in [2.45, 2.75) is 6.92 Å². The first-order valence-electron chi connectivity index (χ1n) is 6.63. The number of rotatable bonds is 5. The number of aryl methyl sites for hydroxylation is 1. The molecule has 0 spiro atoms. The Bertz CT molecular complexity index is 649. The van der Waals surface area contributed by atoms with Crippen LogP contribution in [0.5, 0.6) is 5.75 Å². The number of amides is 2. The lowest BCUT2D eigenvalue weighted by Gasteiger charge is -2.07. The predicted octanol–water partition coefficient (Wildman–Crippen LogP) is 2.30. The quantitative estimate of drug-likeness (QED) is 0.657. The molecule has 0 unspecified atom stereocenters. The lowest BCUT2D eigenvalue weighted by Crippen LogP contribution is -2.43. The number of carbonyl (C=O) groups excluding carboxylic acids is 2. The van der Waals surface area contributed by atoms with Crippen molar-refractivity contribution in [2.24, 2.45) is 0 Å². The van der Waals surface area contributed by atoms with E-state index in [1.807, 2.05) is 36.6 Å². The van der Waals surface area contributed by atoms with E-state index in [9.17, 15) is 9.59 Å². The van der Waals surface area contributed by atoms with Gasteiger partial charge < -0.3 is 4.74 Å². The molecule has 1 aromatic heterocycles. The van der Waals surface area contributed by atoms with E-state index in [-0.39, 0.29) is 6.61 Å². The maximum atomic E-state index is 11.5. The van der Waals surface area contributed by atoms with Gasteiger partial charge in [-0.05, 0) is 36.6 Å². The monoisotopic (exact) mass is 316 g/mol. The van der Waals surface area contributed by atoms with Gasteiger partial charge in [0, 0.05) is 11.0 Å². The molecule has 0 aliphatic heterocycles. The molecule has 0 radical (unpaired) electrons. The van der Waals surface area contributed by atoms with Gasteiger partial charge >= 0.3 is 0 Å². The summed E-state index contributed by atoms with van der Waals surface area (Å²) in [6.45, 7) is 1.80. The Morgan fingerprint density at radius 3 is 2.64 bits per heavy atom. The van der Waals surface area contributed by atoms with Crippen LogP contribution in [0.4, 0.5) is 0 Å². The highest BCUT2D eigenvalue weighted by Gasteiger charge is 2.03. The number of hydrazine groups is 1. The highest BCUT2D eigenvalue weighted by Crippen LogP contribution is 2.11. The molecule has 0 saturated heterocycles. The maximum absolute atomic E-state index is 11.5. The van der Waals surface area contributed by atoms with Crippen LogP contribution in [0.15, 0.2) is 47.9 Å². The lowest BCUT2D eigenvalue weighted by molar-refractivity contribution is -0.128. The van der Waals surface area contributed by atoms with Crippen molar-refractivity contribution in [1.82, 2.24) is 10.9 Å². The van der Waals surface area contributed by atoms with E-state index < -0.39 is 11.8 Å². The van der Waals surface area contributed by atoms with Crippen LogP contribution in [0.1, 0.15) is 10.4 Å². The van der Waals surface area contributed by atoms with Crippen molar-refractivity contribution in [3.8, 4) is 5.75 Å². The van der Waals surface area contributed by atoms with Gasteiger partial charge in [0.05, 0.1) is 0 Å². The summed E-state index contributed by atoms with van der Waals surface area (Å²) in [5.41, 5.74) is 5.69. The highest BCUT2D eigenvalue weighted by atomic mass is 32.1. The standard InChI is InChI=1S/C16H16N2O3S/c1-12-4-6-13(7-5-12)21-11-16(20)18-17-15(19)9-8-14-3-2-10-22-14/h2-10H,11H2,1H3,(H,17,19)(H,18,20). The first-order chi connectivity index (χ1) is 10.6. The van der Waals surface area contributed by atoms with Crippen LogP contribution < -0.4 is 15.6 Å². The molecule has 0 aliphatic carbocycles. The SMILES string of the molecule is Cc1ccc(OCC(=O)NNC(=O)C=Cc2cccs2)cc1. The Kier molecular flexibility index (Phi) is 5.73. The third-order valence-corrected chi connectivity index (χ3v) is 3.50. The van der Waals surface area contributed by atoms with E-state index >= 15 is 0 Å². The summed E-state index contributed by atoms with van der Waals surface area (Å²) in [5, 5.41) is 1.92. The summed E-state index contributed by atoms with van der Waals surface area (Å²) in [6.07, 6.45) is 3.03.